The van der Waals surface area contributed by atoms with Gasteiger partial charge in [0.25, 0.3) is 0 Å². The van der Waals surface area contributed by atoms with Crippen LogP contribution in [0.3, 0.4) is 0 Å². The molecule has 7 heteroatoms. The Morgan fingerprint density at radius 1 is 0.852 bits per heavy atom. The molecule has 2 aliphatic rings. The van der Waals surface area contributed by atoms with E-state index in [2.05, 4.69) is 4.90 Å². The summed E-state index contributed by atoms with van der Waals surface area (Å²) < 4.78 is 0. The highest BCUT2D eigenvalue weighted by Crippen LogP contribution is 2.22. The molecule has 0 aromatic heterocycles. The van der Waals surface area contributed by atoms with Crippen molar-refractivity contribution in [1.29, 1.82) is 0 Å². The van der Waals surface area contributed by atoms with Gasteiger partial charge in [0.05, 0.1) is 6.54 Å². The van der Waals surface area contributed by atoms with Crippen LogP contribution < -0.4 is 0 Å². The van der Waals surface area contributed by atoms with E-state index in [4.69, 9.17) is 0 Å². The summed E-state index contributed by atoms with van der Waals surface area (Å²) in [6, 6.07) is 0.208. The van der Waals surface area contributed by atoms with Gasteiger partial charge in [-0.15, -0.1) is 0 Å². The zero-order valence-electron chi connectivity index (χ0n) is 17.6. The Kier molecular flexibility index (Phi) is 7.65. The SMILES string of the molecule is CC(C)N(C)C(=O)C1CCN(C(=O)CN2CCC(C(=O)N(C)C)CC2)CC1. The van der Waals surface area contributed by atoms with Crippen LogP contribution in [-0.2, 0) is 14.4 Å². The van der Waals surface area contributed by atoms with Gasteiger partial charge in [-0.1, -0.05) is 0 Å². The number of likely N-dealkylation sites (tertiary alicyclic amines) is 2. The standard InChI is InChI=1S/C20H36N4O3/c1-15(2)22(5)20(27)17-8-12-24(13-9-17)18(25)14-23-10-6-16(7-11-23)19(26)21(3)4/h15-17H,6-14H2,1-5H3. The van der Waals surface area contributed by atoms with Gasteiger partial charge in [-0.05, 0) is 52.6 Å². The largest absolute Gasteiger partial charge is 0.349 e. The lowest BCUT2D eigenvalue weighted by atomic mass is 9.94. The second-order valence-electron chi connectivity index (χ2n) is 8.48. The Hall–Kier alpha value is -1.63. The molecule has 0 bridgehead atoms. The predicted octanol–water partition coefficient (Wildman–Crippen LogP) is 0.892. The van der Waals surface area contributed by atoms with Gasteiger partial charge in [0.15, 0.2) is 0 Å². The number of rotatable bonds is 5. The molecule has 0 aromatic rings. The van der Waals surface area contributed by atoms with E-state index < -0.39 is 0 Å². The minimum atomic E-state index is 0.0363. The van der Waals surface area contributed by atoms with Crippen molar-refractivity contribution in [3.05, 3.63) is 0 Å². The van der Waals surface area contributed by atoms with E-state index in [1.54, 1.807) is 23.9 Å². The number of carbonyl (C=O) groups excluding carboxylic acids is 3. The van der Waals surface area contributed by atoms with E-state index in [1.807, 2.05) is 25.8 Å². The smallest absolute Gasteiger partial charge is 0.236 e. The van der Waals surface area contributed by atoms with E-state index in [1.165, 1.54) is 0 Å². The highest BCUT2D eigenvalue weighted by molar-refractivity contribution is 5.81. The number of carbonyl (C=O) groups is 3. The lowest BCUT2D eigenvalue weighted by molar-refractivity contribution is -0.141. The van der Waals surface area contributed by atoms with E-state index in [-0.39, 0.29) is 35.6 Å². The lowest BCUT2D eigenvalue weighted by Crippen LogP contribution is -2.49. The van der Waals surface area contributed by atoms with Crippen molar-refractivity contribution in [2.45, 2.75) is 45.6 Å². The summed E-state index contributed by atoms with van der Waals surface area (Å²) in [6.07, 6.45) is 3.15. The quantitative estimate of drug-likeness (QED) is 0.711. The molecular formula is C20H36N4O3. The first-order chi connectivity index (χ1) is 12.7. The van der Waals surface area contributed by atoms with Crippen LogP contribution in [0.1, 0.15) is 39.5 Å². The minimum absolute atomic E-state index is 0.0363. The summed E-state index contributed by atoms with van der Waals surface area (Å²) in [5.74, 6) is 0.666. The number of amides is 3. The molecule has 0 unspecified atom stereocenters. The molecule has 154 valence electrons. The fourth-order valence-electron chi connectivity index (χ4n) is 3.91. The Morgan fingerprint density at radius 3 is 1.81 bits per heavy atom. The Balaban J connectivity index is 1.74. The topological polar surface area (TPSA) is 64.2 Å². The summed E-state index contributed by atoms with van der Waals surface area (Å²) in [4.78, 5) is 44.6. The van der Waals surface area contributed by atoms with Crippen molar-refractivity contribution in [3.63, 3.8) is 0 Å². The second-order valence-corrected chi connectivity index (χ2v) is 8.48. The molecule has 2 heterocycles. The number of nitrogens with zero attached hydrogens (tertiary/aromatic N) is 4. The maximum atomic E-state index is 12.6. The fourth-order valence-corrected chi connectivity index (χ4v) is 3.91. The van der Waals surface area contributed by atoms with Crippen LogP contribution in [0.4, 0.5) is 0 Å². The molecular weight excluding hydrogens is 344 g/mol. The van der Waals surface area contributed by atoms with Crippen molar-refractivity contribution < 1.29 is 14.4 Å². The predicted molar refractivity (Wildman–Crippen MR) is 105 cm³/mol. The average molecular weight is 381 g/mol. The van der Waals surface area contributed by atoms with Crippen LogP contribution in [0.2, 0.25) is 0 Å². The molecule has 0 aliphatic carbocycles. The van der Waals surface area contributed by atoms with Crippen molar-refractivity contribution in [2.24, 2.45) is 11.8 Å². The number of hydrogen-bond donors (Lipinski definition) is 0. The third-order valence-electron chi connectivity index (χ3n) is 6.06. The minimum Gasteiger partial charge on any atom is -0.349 e. The van der Waals surface area contributed by atoms with Crippen molar-refractivity contribution in [3.8, 4) is 0 Å². The number of hydrogen-bond acceptors (Lipinski definition) is 4. The van der Waals surface area contributed by atoms with Crippen molar-refractivity contribution in [2.75, 3.05) is 53.9 Å². The molecule has 0 spiro atoms. The van der Waals surface area contributed by atoms with Crippen LogP contribution in [0.25, 0.3) is 0 Å². The van der Waals surface area contributed by atoms with Gasteiger partial charge in [0, 0.05) is 52.1 Å². The fraction of sp³-hybridized carbons (Fsp3) is 0.850. The lowest BCUT2D eigenvalue weighted by Gasteiger charge is -2.36. The van der Waals surface area contributed by atoms with Gasteiger partial charge < -0.3 is 14.7 Å². The van der Waals surface area contributed by atoms with Crippen LogP contribution in [0.5, 0.6) is 0 Å². The summed E-state index contributed by atoms with van der Waals surface area (Å²) in [7, 11) is 5.45. The first-order valence-corrected chi connectivity index (χ1v) is 10.2. The van der Waals surface area contributed by atoms with Gasteiger partial charge in [-0.2, -0.15) is 0 Å². The first kappa shape index (κ1) is 21.7. The molecule has 2 saturated heterocycles. The summed E-state index contributed by atoms with van der Waals surface area (Å²) in [6.45, 7) is 7.38. The average Bonchev–Trinajstić information content (AvgIpc) is 2.66. The molecule has 2 fully saturated rings. The molecule has 0 atom stereocenters. The van der Waals surface area contributed by atoms with Crippen LogP contribution in [0, 0.1) is 11.8 Å². The van der Waals surface area contributed by atoms with Crippen molar-refractivity contribution in [1.82, 2.24) is 19.6 Å². The monoisotopic (exact) mass is 380 g/mol. The highest BCUT2D eigenvalue weighted by Gasteiger charge is 2.31. The van der Waals surface area contributed by atoms with Crippen LogP contribution >= 0.6 is 0 Å². The van der Waals surface area contributed by atoms with Gasteiger partial charge in [-0.25, -0.2) is 0 Å². The van der Waals surface area contributed by atoms with Crippen LogP contribution in [-0.4, -0.2) is 97.2 Å². The summed E-state index contributed by atoms with van der Waals surface area (Å²) in [5, 5.41) is 0. The second kappa shape index (κ2) is 9.53. The summed E-state index contributed by atoms with van der Waals surface area (Å²) in [5.41, 5.74) is 0. The van der Waals surface area contributed by atoms with Crippen molar-refractivity contribution >= 4 is 17.7 Å². The van der Waals surface area contributed by atoms with Gasteiger partial charge in [0.1, 0.15) is 0 Å². The van der Waals surface area contributed by atoms with E-state index in [0.29, 0.717) is 19.6 Å². The van der Waals surface area contributed by atoms with E-state index in [0.717, 1.165) is 38.8 Å². The Morgan fingerprint density at radius 2 is 1.33 bits per heavy atom. The highest BCUT2D eigenvalue weighted by atomic mass is 16.2. The zero-order valence-corrected chi connectivity index (χ0v) is 17.6. The third-order valence-corrected chi connectivity index (χ3v) is 6.06. The Bertz CT molecular complexity index is 533. The van der Waals surface area contributed by atoms with Gasteiger partial charge in [-0.3, -0.25) is 19.3 Å². The van der Waals surface area contributed by atoms with E-state index >= 15 is 0 Å². The Labute approximate surface area is 163 Å². The first-order valence-electron chi connectivity index (χ1n) is 10.2. The molecule has 0 N–H and O–H groups in total. The summed E-state index contributed by atoms with van der Waals surface area (Å²) >= 11 is 0. The maximum absolute atomic E-state index is 12.6. The van der Waals surface area contributed by atoms with Gasteiger partial charge in [0.2, 0.25) is 17.7 Å². The molecule has 0 radical (unpaired) electrons. The molecule has 2 rings (SSSR count). The van der Waals surface area contributed by atoms with Gasteiger partial charge >= 0.3 is 0 Å². The van der Waals surface area contributed by atoms with E-state index in [9.17, 15) is 14.4 Å². The van der Waals surface area contributed by atoms with Crippen LogP contribution in [0.15, 0.2) is 0 Å². The molecule has 0 aromatic carbocycles. The molecule has 7 nitrogen and oxygen atoms in total. The number of piperidine rings is 2. The molecule has 3 amide bonds. The molecule has 2 aliphatic heterocycles. The zero-order chi connectivity index (χ0) is 20.1. The third kappa shape index (κ3) is 5.67. The normalized spacial score (nSPS) is 20.0. The molecule has 0 saturated carbocycles. The molecule has 27 heavy (non-hydrogen) atoms. The maximum Gasteiger partial charge on any atom is 0.236 e.